The summed E-state index contributed by atoms with van der Waals surface area (Å²) in [7, 11) is 1.42. The molecule has 1 rings (SSSR count). The molecular formula is C16H25NO3. The quantitative estimate of drug-likeness (QED) is 0.701. The first-order valence-corrected chi connectivity index (χ1v) is 7.28. The smallest absolute Gasteiger partial charge is 0.328 e. The van der Waals surface area contributed by atoms with Crippen LogP contribution in [0.15, 0.2) is 24.3 Å². The van der Waals surface area contributed by atoms with Crippen molar-refractivity contribution in [3.63, 3.8) is 0 Å². The van der Waals surface area contributed by atoms with E-state index in [1.54, 1.807) is 0 Å². The highest BCUT2D eigenvalue weighted by molar-refractivity contribution is 5.79. The number of nitrogens with one attached hydrogen (secondary N) is 1. The molecule has 20 heavy (non-hydrogen) atoms. The fraction of sp³-hybridized carbons (Fsp3) is 0.562. The van der Waals surface area contributed by atoms with E-state index in [0.29, 0.717) is 6.61 Å². The van der Waals surface area contributed by atoms with Gasteiger partial charge in [-0.25, -0.2) is 4.79 Å². The van der Waals surface area contributed by atoms with Crippen molar-refractivity contribution in [1.82, 2.24) is 0 Å². The van der Waals surface area contributed by atoms with Crippen LogP contribution in [-0.4, -0.2) is 25.7 Å². The number of rotatable bonds is 9. The summed E-state index contributed by atoms with van der Waals surface area (Å²) in [6, 6.07) is 7.38. The summed E-state index contributed by atoms with van der Waals surface area (Å²) >= 11 is 0. The fourth-order valence-electron chi connectivity index (χ4n) is 1.87. The van der Waals surface area contributed by atoms with Crippen LogP contribution in [0.3, 0.4) is 0 Å². The SMILES string of the molecule is CCCCC(Nc1ccc(OCCC)cc1)C(=O)OC. The second-order valence-electron chi connectivity index (χ2n) is 4.74. The number of anilines is 1. The van der Waals surface area contributed by atoms with Crippen LogP contribution in [0.2, 0.25) is 0 Å². The minimum absolute atomic E-state index is 0.218. The standard InChI is InChI=1S/C16H25NO3/c1-4-6-7-15(16(18)19-3)17-13-8-10-14(11-9-13)20-12-5-2/h8-11,15,17H,4-7,12H2,1-3H3. The molecule has 0 bridgehead atoms. The number of hydrogen-bond donors (Lipinski definition) is 1. The summed E-state index contributed by atoms with van der Waals surface area (Å²) in [5, 5.41) is 3.22. The normalized spacial score (nSPS) is 11.8. The molecule has 0 saturated heterocycles. The van der Waals surface area contributed by atoms with E-state index in [9.17, 15) is 4.79 Å². The van der Waals surface area contributed by atoms with Gasteiger partial charge in [-0.15, -0.1) is 0 Å². The van der Waals surface area contributed by atoms with E-state index in [-0.39, 0.29) is 12.0 Å². The molecule has 1 unspecified atom stereocenters. The summed E-state index contributed by atoms with van der Waals surface area (Å²) in [5.74, 6) is 0.630. The number of ether oxygens (including phenoxy) is 2. The zero-order valence-corrected chi connectivity index (χ0v) is 12.6. The highest BCUT2D eigenvalue weighted by Gasteiger charge is 2.18. The Kier molecular flexibility index (Phi) is 7.55. The van der Waals surface area contributed by atoms with Crippen molar-refractivity contribution in [2.45, 2.75) is 45.6 Å². The van der Waals surface area contributed by atoms with Crippen LogP contribution >= 0.6 is 0 Å². The van der Waals surface area contributed by atoms with Gasteiger partial charge >= 0.3 is 5.97 Å². The second kappa shape index (κ2) is 9.23. The van der Waals surface area contributed by atoms with Gasteiger partial charge in [0.05, 0.1) is 13.7 Å². The minimum atomic E-state index is -0.289. The molecule has 0 heterocycles. The first-order chi connectivity index (χ1) is 9.71. The van der Waals surface area contributed by atoms with Crippen LogP contribution in [0.25, 0.3) is 0 Å². The zero-order chi connectivity index (χ0) is 14.8. The molecule has 4 heteroatoms. The van der Waals surface area contributed by atoms with Gasteiger partial charge in [-0.1, -0.05) is 26.7 Å². The van der Waals surface area contributed by atoms with Crippen LogP contribution in [0.4, 0.5) is 5.69 Å². The number of methoxy groups -OCH3 is 1. The van der Waals surface area contributed by atoms with E-state index in [2.05, 4.69) is 19.2 Å². The lowest BCUT2D eigenvalue weighted by Crippen LogP contribution is -2.30. The maximum Gasteiger partial charge on any atom is 0.328 e. The van der Waals surface area contributed by atoms with Crippen LogP contribution in [0.5, 0.6) is 5.75 Å². The first kappa shape index (κ1) is 16.3. The molecule has 0 spiro atoms. The number of benzene rings is 1. The Hall–Kier alpha value is -1.71. The van der Waals surface area contributed by atoms with Gasteiger partial charge in [0.2, 0.25) is 0 Å². The largest absolute Gasteiger partial charge is 0.494 e. The van der Waals surface area contributed by atoms with Crippen LogP contribution in [0, 0.1) is 0 Å². The molecule has 0 fully saturated rings. The Morgan fingerprint density at radius 3 is 2.45 bits per heavy atom. The molecule has 0 aliphatic rings. The van der Waals surface area contributed by atoms with E-state index >= 15 is 0 Å². The third-order valence-corrected chi connectivity index (χ3v) is 3.00. The molecule has 0 amide bonds. The summed E-state index contributed by atoms with van der Waals surface area (Å²) in [4.78, 5) is 11.7. The summed E-state index contributed by atoms with van der Waals surface area (Å²) < 4.78 is 10.4. The van der Waals surface area contributed by atoms with Gasteiger partial charge in [-0.05, 0) is 37.1 Å². The van der Waals surface area contributed by atoms with Gasteiger partial charge in [0.25, 0.3) is 0 Å². The number of hydrogen-bond acceptors (Lipinski definition) is 4. The van der Waals surface area contributed by atoms with Gasteiger partial charge in [0.15, 0.2) is 0 Å². The van der Waals surface area contributed by atoms with Crippen LogP contribution in [-0.2, 0) is 9.53 Å². The van der Waals surface area contributed by atoms with Gasteiger partial charge in [0.1, 0.15) is 11.8 Å². The molecule has 0 saturated carbocycles. The predicted octanol–water partition coefficient (Wildman–Crippen LogP) is 3.62. The number of carbonyl (C=O) groups is 1. The van der Waals surface area contributed by atoms with Gasteiger partial charge < -0.3 is 14.8 Å². The maximum atomic E-state index is 11.7. The Morgan fingerprint density at radius 1 is 1.20 bits per heavy atom. The molecule has 112 valence electrons. The third-order valence-electron chi connectivity index (χ3n) is 3.00. The minimum Gasteiger partial charge on any atom is -0.494 e. The summed E-state index contributed by atoms with van der Waals surface area (Å²) in [6.07, 6.45) is 3.81. The topological polar surface area (TPSA) is 47.6 Å². The molecular weight excluding hydrogens is 254 g/mol. The lowest BCUT2D eigenvalue weighted by Gasteiger charge is -2.17. The van der Waals surface area contributed by atoms with Crippen molar-refractivity contribution in [2.75, 3.05) is 19.0 Å². The Balaban J connectivity index is 2.60. The van der Waals surface area contributed by atoms with E-state index in [1.165, 1.54) is 7.11 Å². The summed E-state index contributed by atoms with van der Waals surface area (Å²) in [5.41, 5.74) is 0.903. The zero-order valence-electron chi connectivity index (χ0n) is 12.6. The summed E-state index contributed by atoms with van der Waals surface area (Å²) in [6.45, 7) is 4.90. The highest BCUT2D eigenvalue weighted by Crippen LogP contribution is 2.18. The molecule has 0 aliphatic heterocycles. The Bertz CT molecular complexity index is 389. The molecule has 0 aliphatic carbocycles. The number of esters is 1. The van der Waals surface area contributed by atoms with Crippen molar-refractivity contribution in [1.29, 1.82) is 0 Å². The van der Waals surface area contributed by atoms with E-state index in [1.807, 2.05) is 24.3 Å². The van der Waals surface area contributed by atoms with Gasteiger partial charge in [-0.2, -0.15) is 0 Å². The molecule has 4 nitrogen and oxygen atoms in total. The monoisotopic (exact) mass is 279 g/mol. The fourth-order valence-corrected chi connectivity index (χ4v) is 1.87. The number of carbonyl (C=O) groups excluding carboxylic acids is 1. The van der Waals surface area contributed by atoms with Gasteiger partial charge in [-0.3, -0.25) is 0 Å². The van der Waals surface area contributed by atoms with Crippen molar-refractivity contribution < 1.29 is 14.3 Å². The van der Waals surface area contributed by atoms with Crippen LogP contribution in [0.1, 0.15) is 39.5 Å². The van der Waals surface area contributed by atoms with Crippen molar-refractivity contribution in [2.24, 2.45) is 0 Å². The van der Waals surface area contributed by atoms with Crippen molar-refractivity contribution in [3.8, 4) is 5.75 Å². The molecule has 0 radical (unpaired) electrons. The van der Waals surface area contributed by atoms with E-state index in [0.717, 1.165) is 37.1 Å². The third kappa shape index (κ3) is 5.51. The molecule has 1 atom stereocenters. The lowest BCUT2D eigenvalue weighted by atomic mass is 10.1. The first-order valence-electron chi connectivity index (χ1n) is 7.28. The number of unbranched alkanes of at least 4 members (excludes halogenated alkanes) is 1. The molecule has 1 aromatic carbocycles. The van der Waals surface area contributed by atoms with Crippen molar-refractivity contribution >= 4 is 11.7 Å². The lowest BCUT2D eigenvalue weighted by molar-refractivity contribution is -0.141. The molecule has 1 aromatic rings. The Morgan fingerprint density at radius 2 is 1.90 bits per heavy atom. The van der Waals surface area contributed by atoms with Crippen LogP contribution < -0.4 is 10.1 Å². The van der Waals surface area contributed by atoms with Gasteiger partial charge in [0, 0.05) is 5.69 Å². The van der Waals surface area contributed by atoms with E-state index < -0.39 is 0 Å². The Labute approximate surface area is 121 Å². The predicted molar refractivity (Wildman–Crippen MR) is 81.2 cm³/mol. The van der Waals surface area contributed by atoms with E-state index in [4.69, 9.17) is 9.47 Å². The molecule has 1 N–H and O–H groups in total. The molecule has 0 aromatic heterocycles. The van der Waals surface area contributed by atoms with Crippen molar-refractivity contribution in [3.05, 3.63) is 24.3 Å². The average Bonchev–Trinajstić information content (AvgIpc) is 2.49. The maximum absolute atomic E-state index is 11.7. The second-order valence-corrected chi connectivity index (χ2v) is 4.74. The average molecular weight is 279 g/mol. The highest BCUT2D eigenvalue weighted by atomic mass is 16.5.